The summed E-state index contributed by atoms with van der Waals surface area (Å²) in [6.07, 6.45) is -1.02. The van der Waals surface area contributed by atoms with Gasteiger partial charge in [-0.05, 0) is 17.7 Å². The molecule has 1 saturated heterocycles. The quantitative estimate of drug-likeness (QED) is 0.623. The van der Waals surface area contributed by atoms with Crippen molar-refractivity contribution in [3.63, 3.8) is 0 Å². The van der Waals surface area contributed by atoms with Crippen molar-refractivity contribution in [2.75, 3.05) is 0 Å². The third-order valence-corrected chi connectivity index (χ3v) is 2.15. The van der Waals surface area contributed by atoms with Gasteiger partial charge < -0.3 is 9.84 Å². The second kappa shape index (κ2) is 5.07. The van der Waals surface area contributed by atoms with E-state index in [1.54, 1.807) is 24.3 Å². The zero-order chi connectivity index (χ0) is 9.42. The van der Waals surface area contributed by atoms with Gasteiger partial charge in [0.15, 0.2) is 6.10 Å². The van der Waals surface area contributed by atoms with Gasteiger partial charge in [-0.1, -0.05) is 23.7 Å². The number of carboxylic acids is 1. The normalized spacial score (nSPS) is 23.8. The van der Waals surface area contributed by atoms with E-state index in [4.69, 9.17) is 21.4 Å². The average molecular weight is 239 g/mol. The molecule has 1 aromatic rings. The van der Waals surface area contributed by atoms with E-state index >= 15 is 0 Å². The second-order valence-electron chi connectivity index (χ2n) is 2.87. The van der Waals surface area contributed by atoms with Gasteiger partial charge in [0.1, 0.15) is 6.10 Å². The number of epoxide rings is 1. The molecule has 0 saturated carbocycles. The molecule has 1 N–H and O–H groups in total. The molecule has 2 unspecified atom stereocenters. The summed E-state index contributed by atoms with van der Waals surface area (Å²) in [4.78, 5) is 10.5. The van der Waals surface area contributed by atoms with Gasteiger partial charge in [-0.2, -0.15) is 0 Å². The van der Waals surface area contributed by atoms with E-state index in [-0.39, 0.29) is 57.5 Å². The number of hydrogen-bond acceptors (Lipinski definition) is 2. The van der Waals surface area contributed by atoms with E-state index < -0.39 is 12.1 Å². The summed E-state index contributed by atoms with van der Waals surface area (Å²) >= 11 is 5.74. The van der Waals surface area contributed by atoms with Gasteiger partial charge in [0.2, 0.25) is 0 Å². The zero-order valence-electron chi connectivity index (χ0n) is 6.61. The van der Waals surface area contributed by atoms with Gasteiger partial charge in [0, 0.05) is 5.02 Å². The van der Waals surface area contributed by atoms with Gasteiger partial charge in [0.05, 0.1) is 0 Å². The van der Waals surface area contributed by atoms with Crippen LogP contribution in [-0.2, 0) is 9.53 Å². The van der Waals surface area contributed by atoms with Gasteiger partial charge in [0.25, 0.3) is 0 Å². The van der Waals surface area contributed by atoms with Gasteiger partial charge >= 0.3 is 57.4 Å². The first-order valence-corrected chi connectivity index (χ1v) is 4.20. The summed E-state index contributed by atoms with van der Waals surface area (Å²) in [5.74, 6) is -0.926. The molecule has 1 aromatic carbocycles. The van der Waals surface area contributed by atoms with E-state index in [0.29, 0.717) is 5.02 Å². The van der Waals surface area contributed by atoms with Crippen LogP contribution in [0, 0.1) is 0 Å². The molecule has 0 aromatic heterocycles. The van der Waals surface area contributed by atoms with Crippen LogP contribution in [0.3, 0.4) is 0 Å². The van der Waals surface area contributed by atoms with E-state index in [1.165, 1.54) is 0 Å². The maximum atomic E-state index is 10.5. The minimum absolute atomic E-state index is 0. The number of carboxylic acid groups (broad SMARTS) is 1. The molecular formula is C9H8ClKO3. The molecule has 0 aliphatic carbocycles. The number of halogens is 1. The van der Waals surface area contributed by atoms with Crippen LogP contribution in [0.25, 0.3) is 0 Å². The summed E-state index contributed by atoms with van der Waals surface area (Å²) in [7, 11) is 0. The molecule has 1 aliphatic heterocycles. The Morgan fingerprint density at radius 2 is 2.21 bits per heavy atom. The van der Waals surface area contributed by atoms with Crippen molar-refractivity contribution < 1.29 is 14.6 Å². The molecule has 3 nitrogen and oxygen atoms in total. The molecule has 1 fully saturated rings. The van der Waals surface area contributed by atoms with Gasteiger partial charge in [-0.25, -0.2) is 4.79 Å². The van der Waals surface area contributed by atoms with Crippen molar-refractivity contribution >= 4 is 69.0 Å². The third-order valence-electron chi connectivity index (χ3n) is 1.91. The Morgan fingerprint density at radius 3 is 2.71 bits per heavy atom. The van der Waals surface area contributed by atoms with Crippen LogP contribution in [0.1, 0.15) is 11.7 Å². The third kappa shape index (κ3) is 2.79. The molecule has 5 heteroatoms. The van der Waals surface area contributed by atoms with E-state index in [9.17, 15) is 4.79 Å². The molecule has 1 heterocycles. The maximum absolute atomic E-state index is 10.5. The van der Waals surface area contributed by atoms with Crippen LogP contribution < -0.4 is 0 Å². The first-order valence-electron chi connectivity index (χ1n) is 3.82. The Bertz CT molecular complexity index is 356. The molecule has 0 spiro atoms. The van der Waals surface area contributed by atoms with Crippen molar-refractivity contribution in [2.45, 2.75) is 12.2 Å². The number of rotatable bonds is 2. The molecule has 70 valence electrons. The van der Waals surface area contributed by atoms with Crippen LogP contribution >= 0.6 is 11.6 Å². The van der Waals surface area contributed by atoms with E-state index in [0.717, 1.165) is 5.56 Å². The van der Waals surface area contributed by atoms with Crippen molar-refractivity contribution in [1.29, 1.82) is 0 Å². The summed E-state index contributed by atoms with van der Waals surface area (Å²) in [5.41, 5.74) is 0.819. The summed E-state index contributed by atoms with van der Waals surface area (Å²) in [5, 5.41) is 9.19. The Hall–Kier alpha value is 0.576. The van der Waals surface area contributed by atoms with Crippen molar-refractivity contribution in [2.24, 2.45) is 0 Å². The summed E-state index contributed by atoms with van der Waals surface area (Å²) < 4.78 is 4.96. The predicted octanol–water partition coefficient (Wildman–Crippen LogP) is 1.22. The minimum atomic E-state index is -0.926. The van der Waals surface area contributed by atoms with E-state index in [2.05, 4.69) is 0 Å². The first-order chi connectivity index (χ1) is 6.18. The Labute approximate surface area is 129 Å². The molecule has 1 aliphatic rings. The predicted molar refractivity (Wildman–Crippen MR) is 53.9 cm³/mol. The van der Waals surface area contributed by atoms with Crippen LogP contribution in [0.2, 0.25) is 5.02 Å². The fourth-order valence-electron chi connectivity index (χ4n) is 1.24. The zero-order valence-corrected chi connectivity index (χ0v) is 7.36. The monoisotopic (exact) mass is 238 g/mol. The molecule has 0 bridgehead atoms. The molecule has 2 rings (SSSR count). The first kappa shape index (κ1) is 12.6. The number of hydrogen-bond donors (Lipinski definition) is 1. The summed E-state index contributed by atoms with van der Waals surface area (Å²) in [6.45, 7) is 0. The molecular weight excluding hydrogens is 231 g/mol. The van der Waals surface area contributed by atoms with Gasteiger partial charge in [-0.15, -0.1) is 0 Å². The van der Waals surface area contributed by atoms with Crippen LogP contribution in [-0.4, -0.2) is 68.6 Å². The Morgan fingerprint density at radius 1 is 1.50 bits per heavy atom. The van der Waals surface area contributed by atoms with Crippen molar-refractivity contribution in [1.82, 2.24) is 0 Å². The Kier molecular flexibility index (Phi) is 4.58. The van der Waals surface area contributed by atoms with Crippen LogP contribution in [0.15, 0.2) is 24.3 Å². The number of ether oxygens (including phenoxy) is 1. The number of benzene rings is 1. The average Bonchev–Trinajstić information content (AvgIpc) is 2.82. The SMILES string of the molecule is O=C(O)C1OC1c1cccc(Cl)c1.[KH]. The topological polar surface area (TPSA) is 49.8 Å². The van der Waals surface area contributed by atoms with Crippen molar-refractivity contribution in [3.8, 4) is 0 Å². The Balaban J connectivity index is 0.000000980. The fraction of sp³-hybridized carbons (Fsp3) is 0.222. The van der Waals surface area contributed by atoms with Crippen LogP contribution in [0.4, 0.5) is 0 Å². The van der Waals surface area contributed by atoms with Crippen LogP contribution in [0.5, 0.6) is 0 Å². The van der Waals surface area contributed by atoms with Gasteiger partial charge in [-0.3, -0.25) is 0 Å². The number of aliphatic carboxylic acids is 1. The molecule has 0 radical (unpaired) electrons. The standard InChI is InChI=1S/C9H7ClO3.K.H/c10-6-3-1-2-5(4-6)7-8(13-7)9(11)12;;/h1-4,7-8H,(H,11,12);;. The summed E-state index contributed by atoms with van der Waals surface area (Å²) in [6, 6.07) is 7.04. The van der Waals surface area contributed by atoms with E-state index in [1.807, 2.05) is 0 Å². The molecule has 0 amide bonds. The molecule has 2 atom stereocenters. The second-order valence-corrected chi connectivity index (χ2v) is 3.31. The number of carbonyl (C=O) groups is 1. The fourth-order valence-corrected chi connectivity index (χ4v) is 1.44. The van der Waals surface area contributed by atoms with Crippen molar-refractivity contribution in [3.05, 3.63) is 34.9 Å². The molecule has 14 heavy (non-hydrogen) atoms.